The normalized spacial score (nSPS) is 25.6. The highest BCUT2D eigenvalue weighted by Gasteiger charge is 2.31. The van der Waals surface area contributed by atoms with E-state index in [1.54, 1.807) is 0 Å². The van der Waals surface area contributed by atoms with Crippen molar-refractivity contribution in [1.29, 1.82) is 0 Å². The van der Waals surface area contributed by atoms with Gasteiger partial charge in [0.2, 0.25) is 11.8 Å². The summed E-state index contributed by atoms with van der Waals surface area (Å²) in [5.74, 6) is 0.394. The molecule has 4 nitrogen and oxygen atoms in total. The molecule has 20 heavy (non-hydrogen) atoms. The average Bonchev–Trinajstić information content (AvgIpc) is 2.98. The van der Waals surface area contributed by atoms with Gasteiger partial charge < -0.3 is 10.6 Å². The maximum atomic E-state index is 11.9. The van der Waals surface area contributed by atoms with Crippen LogP contribution in [0.1, 0.15) is 65.2 Å². The van der Waals surface area contributed by atoms with Crippen LogP contribution in [0.25, 0.3) is 0 Å². The fraction of sp³-hybridized carbons (Fsp3) is 0.875. The maximum absolute atomic E-state index is 11.9. The summed E-state index contributed by atoms with van der Waals surface area (Å²) in [6.45, 7) is 4.97. The molecule has 0 aromatic carbocycles. The summed E-state index contributed by atoms with van der Waals surface area (Å²) in [5.41, 5.74) is 0.356. The van der Waals surface area contributed by atoms with Gasteiger partial charge in [-0.2, -0.15) is 0 Å². The van der Waals surface area contributed by atoms with Crippen molar-refractivity contribution in [3.05, 3.63) is 0 Å². The quantitative estimate of drug-likeness (QED) is 0.812. The topological polar surface area (TPSA) is 58.2 Å². The molecule has 2 amide bonds. The Labute approximate surface area is 122 Å². The number of rotatable bonds is 5. The molecule has 0 saturated heterocycles. The molecule has 0 bridgehead atoms. The van der Waals surface area contributed by atoms with Crippen LogP contribution in [0.4, 0.5) is 0 Å². The fourth-order valence-corrected chi connectivity index (χ4v) is 3.49. The second-order valence-electron chi connectivity index (χ2n) is 7.19. The van der Waals surface area contributed by atoms with E-state index in [0.717, 1.165) is 38.5 Å². The van der Waals surface area contributed by atoms with E-state index < -0.39 is 0 Å². The highest BCUT2D eigenvalue weighted by Crippen LogP contribution is 2.36. The van der Waals surface area contributed by atoms with Crippen LogP contribution >= 0.6 is 0 Å². The predicted octanol–water partition coefficient (Wildman–Crippen LogP) is 2.38. The molecule has 1 atom stereocenters. The first-order valence-electron chi connectivity index (χ1n) is 8.03. The minimum Gasteiger partial charge on any atom is -0.355 e. The zero-order valence-corrected chi connectivity index (χ0v) is 12.8. The van der Waals surface area contributed by atoms with Gasteiger partial charge in [0, 0.05) is 24.9 Å². The molecule has 114 valence electrons. The van der Waals surface area contributed by atoms with Gasteiger partial charge in [-0.15, -0.1) is 0 Å². The minimum absolute atomic E-state index is 0.0689. The Morgan fingerprint density at radius 1 is 1.15 bits per heavy atom. The Hall–Kier alpha value is -1.06. The van der Waals surface area contributed by atoms with Crippen LogP contribution in [0, 0.1) is 11.3 Å². The third-order valence-corrected chi connectivity index (χ3v) is 4.71. The third kappa shape index (κ3) is 4.50. The molecule has 0 aliphatic heterocycles. The lowest BCUT2D eigenvalue weighted by Gasteiger charge is -2.18. The van der Waals surface area contributed by atoms with Crippen molar-refractivity contribution in [1.82, 2.24) is 10.6 Å². The summed E-state index contributed by atoms with van der Waals surface area (Å²) in [4.78, 5) is 23.7. The summed E-state index contributed by atoms with van der Waals surface area (Å²) >= 11 is 0. The van der Waals surface area contributed by atoms with E-state index in [1.165, 1.54) is 6.42 Å². The number of hydrogen-bond acceptors (Lipinski definition) is 2. The number of amides is 2. The van der Waals surface area contributed by atoms with E-state index in [2.05, 4.69) is 24.5 Å². The first-order chi connectivity index (χ1) is 9.46. The fourth-order valence-electron chi connectivity index (χ4n) is 3.49. The molecule has 1 unspecified atom stereocenters. The van der Waals surface area contributed by atoms with E-state index in [4.69, 9.17) is 0 Å². The summed E-state index contributed by atoms with van der Waals surface area (Å²) in [6, 6.07) is 0.322. The first kappa shape index (κ1) is 15.3. The number of carbonyl (C=O) groups excluding carboxylic acids is 2. The lowest BCUT2D eigenvalue weighted by atomic mass is 9.92. The van der Waals surface area contributed by atoms with Crippen LogP contribution in [0.3, 0.4) is 0 Å². The van der Waals surface area contributed by atoms with Gasteiger partial charge in [-0.1, -0.05) is 26.7 Å². The Bertz CT molecular complexity index is 359. The molecule has 0 radical (unpaired) electrons. The second kappa shape index (κ2) is 6.59. The monoisotopic (exact) mass is 280 g/mol. The Balaban J connectivity index is 1.59. The Kier molecular flexibility index (Phi) is 5.06. The van der Waals surface area contributed by atoms with E-state index >= 15 is 0 Å². The maximum Gasteiger partial charge on any atom is 0.223 e. The number of hydrogen-bond donors (Lipinski definition) is 2. The second-order valence-corrected chi connectivity index (χ2v) is 7.19. The number of nitrogens with one attached hydrogen (secondary N) is 2. The van der Waals surface area contributed by atoms with Crippen molar-refractivity contribution in [3.8, 4) is 0 Å². The zero-order valence-electron chi connectivity index (χ0n) is 12.8. The van der Waals surface area contributed by atoms with Crippen LogP contribution in [0.5, 0.6) is 0 Å². The summed E-state index contributed by atoms with van der Waals surface area (Å²) in [7, 11) is 0. The molecule has 0 aromatic heterocycles. The van der Waals surface area contributed by atoms with Gasteiger partial charge >= 0.3 is 0 Å². The van der Waals surface area contributed by atoms with Crippen LogP contribution < -0.4 is 10.6 Å². The smallest absolute Gasteiger partial charge is 0.223 e. The molecule has 2 saturated carbocycles. The summed E-state index contributed by atoms with van der Waals surface area (Å²) in [6.07, 6.45) is 8.06. The molecule has 4 heteroatoms. The van der Waals surface area contributed by atoms with Crippen molar-refractivity contribution < 1.29 is 9.59 Å². The summed E-state index contributed by atoms with van der Waals surface area (Å²) in [5, 5.41) is 5.98. The molecule has 2 rings (SSSR count). The van der Waals surface area contributed by atoms with Crippen LogP contribution in [0.15, 0.2) is 0 Å². The van der Waals surface area contributed by atoms with E-state index in [9.17, 15) is 9.59 Å². The highest BCUT2D eigenvalue weighted by atomic mass is 16.2. The Morgan fingerprint density at radius 2 is 1.85 bits per heavy atom. The molecule has 2 fully saturated rings. The molecule has 0 heterocycles. The zero-order chi connectivity index (χ0) is 14.6. The van der Waals surface area contributed by atoms with Gasteiger partial charge in [0.05, 0.1) is 0 Å². The van der Waals surface area contributed by atoms with Crippen molar-refractivity contribution >= 4 is 11.8 Å². The Morgan fingerprint density at radius 3 is 2.45 bits per heavy atom. The highest BCUT2D eigenvalue weighted by molar-refractivity contribution is 5.80. The molecular weight excluding hydrogens is 252 g/mol. The first-order valence-corrected chi connectivity index (χ1v) is 8.03. The molecule has 2 aliphatic rings. The van der Waals surface area contributed by atoms with Gasteiger partial charge in [0.15, 0.2) is 0 Å². The van der Waals surface area contributed by atoms with Crippen LogP contribution in [-0.4, -0.2) is 24.4 Å². The minimum atomic E-state index is 0.0689. The van der Waals surface area contributed by atoms with Crippen molar-refractivity contribution in [2.24, 2.45) is 11.3 Å². The van der Waals surface area contributed by atoms with E-state index in [1.807, 2.05) is 0 Å². The summed E-state index contributed by atoms with van der Waals surface area (Å²) < 4.78 is 0. The van der Waals surface area contributed by atoms with E-state index in [0.29, 0.717) is 24.4 Å². The van der Waals surface area contributed by atoms with Gasteiger partial charge in [0.1, 0.15) is 0 Å². The lowest BCUT2D eigenvalue weighted by molar-refractivity contribution is -0.125. The van der Waals surface area contributed by atoms with Gasteiger partial charge in [-0.3, -0.25) is 9.59 Å². The largest absolute Gasteiger partial charge is 0.355 e. The van der Waals surface area contributed by atoms with Crippen molar-refractivity contribution in [2.45, 2.75) is 71.3 Å². The predicted molar refractivity (Wildman–Crippen MR) is 79.1 cm³/mol. The van der Waals surface area contributed by atoms with Gasteiger partial charge in [0.25, 0.3) is 0 Å². The average molecular weight is 280 g/mol. The molecule has 0 spiro atoms. The standard InChI is InChI=1S/C16H28N2O2/c1-16(2)9-7-13(11-16)18-14(19)8-10-17-15(20)12-5-3-4-6-12/h12-13H,3-11H2,1-2H3,(H,17,20)(H,18,19). The van der Waals surface area contributed by atoms with Crippen LogP contribution in [0.2, 0.25) is 0 Å². The molecule has 2 aliphatic carbocycles. The third-order valence-electron chi connectivity index (χ3n) is 4.71. The molecule has 2 N–H and O–H groups in total. The van der Waals surface area contributed by atoms with Crippen LogP contribution in [-0.2, 0) is 9.59 Å². The van der Waals surface area contributed by atoms with Crippen molar-refractivity contribution in [2.75, 3.05) is 6.54 Å². The van der Waals surface area contributed by atoms with E-state index in [-0.39, 0.29) is 17.7 Å². The SMILES string of the molecule is CC1(C)CCC(NC(=O)CCNC(=O)C2CCCC2)C1. The lowest BCUT2D eigenvalue weighted by Crippen LogP contribution is -2.37. The van der Waals surface area contributed by atoms with Gasteiger partial charge in [-0.05, 0) is 37.5 Å². The molecular formula is C16H28N2O2. The van der Waals surface area contributed by atoms with Crippen molar-refractivity contribution in [3.63, 3.8) is 0 Å². The molecule has 0 aromatic rings. The van der Waals surface area contributed by atoms with Gasteiger partial charge in [-0.25, -0.2) is 0 Å². The number of carbonyl (C=O) groups is 2.